The molecule has 0 aliphatic carbocycles. The van der Waals surface area contributed by atoms with Crippen molar-refractivity contribution in [2.75, 3.05) is 25.1 Å². The van der Waals surface area contributed by atoms with Gasteiger partial charge in [-0.15, -0.1) is 0 Å². The Balaban J connectivity index is 1.58. The van der Waals surface area contributed by atoms with E-state index in [-0.39, 0.29) is 12.0 Å². The van der Waals surface area contributed by atoms with Crippen LogP contribution in [0.15, 0.2) is 42.6 Å². The van der Waals surface area contributed by atoms with Crippen molar-refractivity contribution >= 4 is 11.6 Å². The molecule has 1 fully saturated rings. The lowest BCUT2D eigenvalue weighted by atomic mass is 10.2. The predicted octanol–water partition coefficient (Wildman–Crippen LogP) is 3.29. The first-order valence-corrected chi connectivity index (χ1v) is 8.50. The van der Waals surface area contributed by atoms with Crippen molar-refractivity contribution < 1.29 is 19.0 Å². The van der Waals surface area contributed by atoms with Crippen molar-refractivity contribution in [1.29, 1.82) is 0 Å². The molecule has 1 aliphatic heterocycles. The molecule has 1 aromatic heterocycles. The quantitative estimate of drug-likeness (QED) is 0.836. The summed E-state index contributed by atoms with van der Waals surface area (Å²) in [5, 5.41) is 2.84. The molecule has 1 saturated heterocycles. The standard InChI is InChI=1S/C19H22N2O4/c1-2-23-19-17(6-3-11-20-19)18(22)21-14-7-9-15(10-8-14)25-13-16-5-4-12-24-16/h3,6-11,16H,2,4-5,12-13H2,1H3,(H,21,22). The van der Waals surface area contributed by atoms with Gasteiger partial charge in [0.2, 0.25) is 5.88 Å². The van der Waals surface area contributed by atoms with Crippen LogP contribution in [0.1, 0.15) is 30.1 Å². The van der Waals surface area contributed by atoms with E-state index in [4.69, 9.17) is 14.2 Å². The molecule has 1 amide bonds. The number of amides is 1. The van der Waals surface area contributed by atoms with Gasteiger partial charge in [0.15, 0.2) is 0 Å². The number of pyridine rings is 1. The fourth-order valence-corrected chi connectivity index (χ4v) is 2.61. The molecule has 1 unspecified atom stereocenters. The molecule has 6 nitrogen and oxygen atoms in total. The number of carbonyl (C=O) groups is 1. The van der Waals surface area contributed by atoms with E-state index in [1.807, 2.05) is 19.1 Å². The number of rotatable bonds is 7. The van der Waals surface area contributed by atoms with Gasteiger partial charge in [-0.2, -0.15) is 0 Å². The van der Waals surface area contributed by atoms with Crippen molar-refractivity contribution in [2.45, 2.75) is 25.9 Å². The summed E-state index contributed by atoms with van der Waals surface area (Å²) in [5.41, 5.74) is 1.09. The van der Waals surface area contributed by atoms with E-state index >= 15 is 0 Å². The average molecular weight is 342 g/mol. The molecule has 25 heavy (non-hydrogen) atoms. The molecule has 1 aromatic carbocycles. The van der Waals surface area contributed by atoms with Crippen molar-refractivity contribution in [2.24, 2.45) is 0 Å². The van der Waals surface area contributed by atoms with Gasteiger partial charge in [0, 0.05) is 18.5 Å². The summed E-state index contributed by atoms with van der Waals surface area (Å²) in [5.74, 6) is 0.827. The highest BCUT2D eigenvalue weighted by atomic mass is 16.5. The molecular formula is C19H22N2O4. The first-order chi connectivity index (χ1) is 12.3. The first-order valence-electron chi connectivity index (χ1n) is 8.50. The SMILES string of the molecule is CCOc1ncccc1C(=O)Nc1ccc(OCC2CCCO2)cc1. The number of hydrogen-bond acceptors (Lipinski definition) is 5. The Morgan fingerprint density at radius 3 is 2.84 bits per heavy atom. The lowest BCUT2D eigenvalue weighted by Crippen LogP contribution is -2.16. The molecule has 2 heterocycles. The highest BCUT2D eigenvalue weighted by Crippen LogP contribution is 2.20. The second-order valence-electron chi connectivity index (χ2n) is 5.71. The second-order valence-corrected chi connectivity index (χ2v) is 5.71. The van der Waals surface area contributed by atoms with Crippen LogP contribution in [0.4, 0.5) is 5.69 Å². The van der Waals surface area contributed by atoms with Gasteiger partial charge >= 0.3 is 0 Å². The maximum Gasteiger partial charge on any atom is 0.261 e. The minimum absolute atomic E-state index is 0.182. The van der Waals surface area contributed by atoms with Gasteiger partial charge in [0.25, 0.3) is 5.91 Å². The van der Waals surface area contributed by atoms with E-state index in [1.54, 1.807) is 30.5 Å². The van der Waals surface area contributed by atoms with Gasteiger partial charge in [-0.25, -0.2) is 4.98 Å². The summed E-state index contributed by atoms with van der Waals surface area (Å²) in [6, 6.07) is 10.7. The fraction of sp³-hybridized carbons (Fsp3) is 0.368. The summed E-state index contributed by atoms with van der Waals surface area (Å²) in [4.78, 5) is 16.5. The van der Waals surface area contributed by atoms with E-state index in [0.717, 1.165) is 25.2 Å². The van der Waals surface area contributed by atoms with Gasteiger partial charge < -0.3 is 19.5 Å². The minimum Gasteiger partial charge on any atom is -0.491 e. The zero-order valence-electron chi connectivity index (χ0n) is 14.2. The molecule has 0 bridgehead atoms. The number of carbonyl (C=O) groups excluding carboxylic acids is 1. The van der Waals surface area contributed by atoms with Crippen LogP contribution in [-0.2, 0) is 4.74 Å². The number of ether oxygens (including phenoxy) is 3. The van der Waals surface area contributed by atoms with Crippen LogP contribution in [-0.4, -0.2) is 36.8 Å². The number of hydrogen-bond donors (Lipinski definition) is 1. The van der Waals surface area contributed by atoms with E-state index in [0.29, 0.717) is 30.3 Å². The molecule has 0 saturated carbocycles. The second kappa shape index (κ2) is 8.48. The van der Waals surface area contributed by atoms with Crippen LogP contribution in [0.25, 0.3) is 0 Å². The number of aromatic nitrogens is 1. The number of nitrogens with zero attached hydrogens (tertiary/aromatic N) is 1. The van der Waals surface area contributed by atoms with Crippen LogP contribution >= 0.6 is 0 Å². The van der Waals surface area contributed by atoms with E-state index < -0.39 is 0 Å². The molecule has 1 N–H and O–H groups in total. The topological polar surface area (TPSA) is 69.7 Å². The summed E-state index contributed by atoms with van der Waals surface area (Å²) in [7, 11) is 0. The van der Waals surface area contributed by atoms with Crippen LogP contribution in [0.5, 0.6) is 11.6 Å². The zero-order chi connectivity index (χ0) is 17.5. The van der Waals surface area contributed by atoms with Crippen LogP contribution in [0.3, 0.4) is 0 Å². The van der Waals surface area contributed by atoms with Crippen molar-refractivity contribution in [1.82, 2.24) is 4.98 Å². The lowest BCUT2D eigenvalue weighted by molar-refractivity contribution is 0.0679. The summed E-state index contributed by atoms with van der Waals surface area (Å²) in [6.07, 6.45) is 3.92. The van der Waals surface area contributed by atoms with E-state index in [2.05, 4.69) is 10.3 Å². The third-order valence-electron chi connectivity index (χ3n) is 3.87. The molecule has 0 radical (unpaired) electrons. The number of benzene rings is 1. The Labute approximate surface area is 147 Å². The maximum atomic E-state index is 12.4. The smallest absolute Gasteiger partial charge is 0.261 e. The van der Waals surface area contributed by atoms with Gasteiger partial charge in [-0.1, -0.05) is 0 Å². The molecule has 1 atom stereocenters. The van der Waals surface area contributed by atoms with Crippen molar-refractivity contribution in [3.63, 3.8) is 0 Å². The first kappa shape index (κ1) is 17.2. The van der Waals surface area contributed by atoms with E-state index in [9.17, 15) is 4.79 Å². The minimum atomic E-state index is -0.260. The van der Waals surface area contributed by atoms with Crippen LogP contribution in [0.2, 0.25) is 0 Å². The Morgan fingerprint density at radius 2 is 2.12 bits per heavy atom. The molecule has 132 valence electrons. The molecule has 6 heteroatoms. The van der Waals surface area contributed by atoms with Crippen LogP contribution in [0, 0.1) is 0 Å². The monoisotopic (exact) mass is 342 g/mol. The van der Waals surface area contributed by atoms with Crippen molar-refractivity contribution in [3.8, 4) is 11.6 Å². The summed E-state index contributed by atoms with van der Waals surface area (Å²) >= 11 is 0. The largest absolute Gasteiger partial charge is 0.491 e. The van der Waals surface area contributed by atoms with Crippen LogP contribution < -0.4 is 14.8 Å². The summed E-state index contributed by atoms with van der Waals surface area (Å²) < 4.78 is 16.6. The summed E-state index contributed by atoms with van der Waals surface area (Å²) in [6.45, 7) is 3.68. The maximum absolute atomic E-state index is 12.4. The fourth-order valence-electron chi connectivity index (χ4n) is 2.61. The van der Waals surface area contributed by atoms with Crippen molar-refractivity contribution in [3.05, 3.63) is 48.2 Å². The van der Waals surface area contributed by atoms with Gasteiger partial charge in [0.1, 0.15) is 17.9 Å². The van der Waals surface area contributed by atoms with Gasteiger partial charge in [-0.05, 0) is 56.2 Å². The number of nitrogens with one attached hydrogen (secondary N) is 1. The Kier molecular flexibility index (Phi) is 5.85. The molecule has 2 aromatic rings. The highest BCUT2D eigenvalue weighted by molar-refractivity contribution is 6.05. The zero-order valence-corrected chi connectivity index (χ0v) is 14.2. The highest BCUT2D eigenvalue weighted by Gasteiger charge is 2.16. The molecule has 3 rings (SSSR count). The predicted molar refractivity (Wildman–Crippen MR) is 94.3 cm³/mol. The Morgan fingerprint density at radius 1 is 1.28 bits per heavy atom. The lowest BCUT2D eigenvalue weighted by Gasteiger charge is -2.12. The molecule has 0 spiro atoms. The third-order valence-corrected chi connectivity index (χ3v) is 3.87. The molecular weight excluding hydrogens is 320 g/mol. The Bertz CT molecular complexity index is 697. The van der Waals surface area contributed by atoms with Gasteiger partial charge in [-0.3, -0.25) is 4.79 Å². The van der Waals surface area contributed by atoms with E-state index in [1.165, 1.54) is 0 Å². The average Bonchev–Trinajstić information content (AvgIpc) is 3.15. The number of anilines is 1. The molecule has 1 aliphatic rings. The third kappa shape index (κ3) is 4.70. The normalized spacial score (nSPS) is 16.4. The van der Waals surface area contributed by atoms with Gasteiger partial charge in [0.05, 0.1) is 12.7 Å². The Hall–Kier alpha value is -2.60.